The Balaban J connectivity index is 2.30. The fourth-order valence-electron chi connectivity index (χ4n) is 2.56. The van der Waals surface area contributed by atoms with E-state index in [-0.39, 0.29) is 27.4 Å². The Morgan fingerprint density at radius 3 is 2.81 bits per heavy atom. The number of benzene rings is 1. The van der Waals surface area contributed by atoms with Gasteiger partial charge in [0.2, 0.25) is 10.0 Å². The van der Waals surface area contributed by atoms with E-state index in [1.165, 1.54) is 22.5 Å². The largest absolute Gasteiger partial charge is 0.327 e. The molecule has 2 rings (SSSR count). The van der Waals surface area contributed by atoms with E-state index in [4.69, 9.17) is 22.6 Å². The summed E-state index contributed by atoms with van der Waals surface area (Å²) in [5.74, 6) is 0.169. The standard InChI is InChI=1S/C14H18ClN3O2S/c1-2-10-9-18(6-5-14(10)17)21(19,20)12-4-3-11(8-16)13(15)7-12/h3-4,7,10,14H,2,5-6,9,17H2,1H3. The molecule has 21 heavy (non-hydrogen) atoms. The summed E-state index contributed by atoms with van der Waals surface area (Å²) in [4.78, 5) is 0.122. The number of hydrogen-bond donors (Lipinski definition) is 1. The zero-order valence-corrected chi connectivity index (χ0v) is 13.4. The summed E-state index contributed by atoms with van der Waals surface area (Å²) < 4.78 is 26.8. The number of sulfonamides is 1. The van der Waals surface area contributed by atoms with Gasteiger partial charge in [0.05, 0.1) is 15.5 Å². The highest BCUT2D eigenvalue weighted by Gasteiger charge is 2.33. The first kappa shape index (κ1) is 16.2. The van der Waals surface area contributed by atoms with Crippen LogP contribution in [0.2, 0.25) is 5.02 Å². The molecule has 0 radical (unpaired) electrons. The first-order valence-corrected chi connectivity index (χ1v) is 8.67. The van der Waals surface area contributed by atoms with Crippen molar-refractivity contribution in [3.05, 3.63) is 28.8 Å². The van der Waals surface area contributed by atoms with Gasteiger partial charge in [-0.15, -0.1) is 0 Å². The number of hydrogen-bond acceptors (Lipinski definition) is 4. The maximum atomic E-state index is 12.7. The van der Waals surface area contributed by atoms with Crippen LogP contribution in [0.3, 0.4) is 0 Å². The minimum atomic E-state index is -3.59. The Morgan fingerprint density at radius 2 is 2.24 bits per heavy atom. The maximum Gasteiger partial charge on any atom is 0.243 e. The van der Waals surface area contributed by atoms with Crippen molar-refractivity contribution >= 4 is 21.6 Å². The van der Waals surface area contributed by atoms with Crippen LogP contribution in [-0.2, 0) is 10.0 Å². The monoisotopic (exact) mass is 327 g/mol. The predicted octanol–water partition coefficient (Wildman–Crippen LogP) is 1.96. The van der Waals surface area contributed by atoms with Crippen molar-refractivity contribution in [1.29, 1.82) is 5.26 Å². The lowest BCUT2D eigenvalue weighted by atomic mass is 9.92. The zero-order valence-electron chi connectivity index (χ0n) is 11.8. The summed E-state index contributed by atoms with van der Waals surface area (Å²) in [5, 5.41) is 9.00. The van der Waals surface area contributed by atoms with Crippen molar-refractivity contribution in [2.75, 3.05) is 13.1 Å². The molecule has 5 nitrogen and oxygen atoms in total. The predicted molar refractivity (Wildman–Crippen MR) is 81.3 cm³/mol. The number of nitrogens with zero attached hydrogens (tertiary/aromatic N) is 2. The number of rotatable bonds is 3. The third-order valence-corrected chi connectivity index (χ3v) is 6.15. The molecule has 0 aliphatic carbocycles. The first-order chi connectivity index (χ1) is 9.90. The van der Waals surface area contributed by atoms with Gasteiger partial charge in [-0.2, -0.15) is 9.57 Å². The Kier molecular flexibility index (Phi) is 4.89. The molecule has 1 aliphatic rings. The van der Waals surface area contributed by atoms with E-state index in [1.807, 2.05) is 13.0 Å². The average molecular weight is 328 g/mol. The van der Waals surface area contributed by atoms with E-state index >= 15 is 0 Å². The third kappa shape index (κ3) is 3.22. The SMILES string of the molecule is CCC1CN(S(=O)(=O)c2ccc(C#N)c(Cl)c2)CCC1N. The lowest BCUT2D eigenvalue weighted by Gasteiger charge is -2.35. The number of halogens is 1. The van der Waals surface area contributed by atoms with Gasteiger partial charge in [-0.05, 0) is 30.5 Å². The molecule has 1 saturated heterocycles. The van der Waals surface area contributed by atoms with E-state index in [1.54, 1.807) is 0 Å². The number of piperidine rings is 1. The molecule has 1 aliphatic heterocycles. The van der Waals surface area contributed by atoms with Gasteiger partial charge in [-0.3, -0.25) is 0 Å². The molecule has 1 aromatic carbocycles. The molecule has 1 fully saturated rings. The highest BCUT2D eigenvalue weighted by molar-refractivity contribution is 7.89. The summed E-state index contributed by atoms with van der Waals surface area (Å²) >= 11 is 5.93. The van der Waals surface area contributed by atoms with E-state index in [2.05, 4.69) is 0 Å². The normalized spacial score (nSPS) is 23.7. The maximum absolute atomic E-state index is 12.7. The van der Waals surface area contributed by atoms with E-state index < -0.39 is 10.0 Å². The Bertz CT molecular complexity index is 669. The summed E-state index contributed by atoms with van der Waals surface area (Å²) in [5.41, 5.74) is 6.28. The molecule has 114 valence electrons. The van der Waals surface area contributed by atoms with Gasteiger partial charge in [-0.1, -0.05) is 24.9 Å². The Morgan fingerprint density at radius 1 is 1.52 bits per heavy atom. The molecule has 0 spiro atoms. The van der Waals surface area contributed by atoms with Crippen LogP contribution in [0, 0.1) is 17.2 Å². The minimum Gasteiger partial charge on any atom is -0.327 e. The molecule has 1 heterocycles. The highest BCUT2D eigenvalue weighted by atomic mass is 35.5. The van der Waals surface area contributed by atoms with Crippen molar-refractivity contribution in [2.24, 2.45) is 11.7 Å². The van der Waals surface area contributed by atoms with Gasteiger partial charge in [0, 0.05) is 19.1 Å². The van der Waals surface area contributed by atoms with Gasteiger partial charge >= 0.3 is 0 Å². The zero-order chi connectivity index (χ0) is 15.6. The van der Waals surface area contributed by atoms with Crippen molar-refractivity contribution in [3.63, 3.8) is 0 Å². The van der Waals surface area contributed by atoms with Crippen LogP contribution in [0.15, 0.2) is 23.1 Å². The second-order valence-corrected chi connectivity index (χ2v) is 7.58. The van der Waals surface area contributed by atoms with Crippen molar-refractivity contribution in [1.82, 2.24) is 4.31 Å². The van der Waals surface area contributed by atoms with E-state index in [9.17, 15) is 8.42 Å². The fraction of sp³-hybridized carbons (Fsp3) is 0.500. The van der Waals surface area contributed by atoms with E-state index in [0.717, 1.165) is 6.42 Å². The van der Waals surface area contributed by atoms with Crippen LogP contribution in [0.5, 0.6) is 0 Å². The van der Waals surface area contributed by atoms with Crippen LogP contribution in [0.25, 0.3) is 0 Å². The van der Waals surface area contributed by atoms with Gasteiger partial charge in [0.15, 0.2) is 0 Å². The molecular weight excluding hydrogens is 310 g/mol. The highest BCUT2D eigenvalue weighted by Crippen LogP contribution is 2.27. The van der Waals surface area contributed by atoms with Crippen LogP contribution in [0.1, 0.15) is 25.3 Å². The third-order valence-electron chi connectivity index (χ3n) is 3.98. The summed E-state index contributed by atoms with van der Waals surface area (Å²) in [6.07, 6.45) is 1.50. The first-order valence-electron chi connectivity index (χ1n) is 6.85. The molecule has 7 heteroatoms. The van der Waals surface area contributed by atoms with Crippen LogP contribution < -0.4 is 5.73 Å². The minimum absolute atomic E-state index is 0.0472. The van der Waals surface area contributed by atoms with Gasteiger partial charge < -0.3 is 5.73 Å². The summed E-state index contributed by atoms with van der Waals surface area (Å²) in [7, 11) is -3.59. The second kappa shape index (κ2) is 6.32. The second-order valence-electron chi connectivity index (χ2n) is 5.24. The van der Waals surface area contributed by atoms with Crippen LogP contribution >= 0.6 is 11.6 Å². The number of nitrogens with two attached hydrogens (primary N) is 1. The molecule has 0 bridgehead atoms. The Labute approximate surface area is 130 Å². The molecule has 0 amide bonds. The quantitative estimate of drug-likeness (QED) is 0.919. The van der Waals surface area contributed by atoms with Gasteiger partial charge in [0.25, 0.3) is 0 Å². The number of nitriles is 1. The molecule has 0 aromatic heterocycles. The molecule has 1 aromatic rings. The van der Waals surface area contributed by atoms with Crippen molar-refractivity contribution in [2.45, 2.75) is 30.7 Å². The van der Waals surface area contributed by atoms with Crippen molar-refractivity contribution < 1.29 is 8.42 Å². The average Bonchev–Trinajstić information content (AvgIpc) is 2.47. The molecule has 0 saturated carbocycles. The van der Waals surface area contributed by atoms with Crippen molar-refractivity contribution in [3.8, 4) is 6.07 Å². The smallest absolute Gasteiger partial charge is 0.243 e. The molecule has 2 N–H and O–H groups in total. The van der Waals surface area contributed by atoms with Gasteiger partial charge in [-0.25, -0.2) is 8.42 Å². The summed E-state index contributed by atoms with van der Waals surface area (Å²) in [6, 6.07) is 6.16. The topological polar surface area (TPSA) is 87.2 Å². The molecule has 2 unspecified atom stereocenters. The lowest BCUT2D eigenvalue weighted by molar-refractivity contribution is 0.230. The molecule has 2 atom stereocenters. The van der Waals surface area contributed by atoms with Gasteiger partial charge in [0.1, 0.15) is 6.07 Å². The van der Waals surface area contributed by atoms with Crippen LogP contribution in [-0.4, -0.2) is 31.9 Å². The lowest BCUT2D eigenvalue weighted by Crippen LogP contribution is -2.48. The van der Waals surface area contributed by atoms with E-state index in [0.29, 0.717) is 19.5 Å². The molecular formula is C14H18ClN3O2S. The fourth-order valence-corrected chi connectivity index (χ4v) is 4.39. The Hall–Kier alpha value is -1.13. The van der Waals surface area contributed by atoms with Crippen LogP contribution in [0.4, 0.5) is 0 Å². The summed E-state index contributed by atoms with van der Waals surface area (Å²) in [6.45, 7) is 2.86.